The van der Waals surface area contributed by atoms with Gasteiger partial charge in [0.15, 0.2) is 4.08 Å². The number of carbonyl (C=O) groups is 1. The molecular weight excluding hydrogens is 232 g/mol. The van der Waals surface area contributed by atoms with Gasteiger partial charge in [0.2, 0.25) is 0 Å². The number of carbonyl (C=O) groups excluding carboxylic acids is 1. The van der Waals surface area contributed by atoms with Crippen LogP contribution in [0.15, 0.2) is 0 Å². The molecule has 1 N–H and O–H groups in total. The minimum absolute atomic E-state index is 0.0130. The van der Waals surface area contributed by atoms with Gasteiger partial charge in [0.1, 0.15) is 5.60 Å². The molecule has 0 heterocycles. The van der Waals surface area contributed by atoms with E-state index in [4.69, 9.17) is 9.84 Å². The second-order valence-electron chi connectivity index (χ2n) is 4.14. The summed E-state index contributed by atoms with van der Waals surface area (Å²) in [5.41, 5.74) is -0.483. The molecule has 0 atom stereocenters. The number of aliphatic hydroxyl groups is 1. The third-order valence-corrected chi connectivity index (χ3v) is 4.87. The maximum Gasteiger partial charge on any atom is 0.333 e. The predicted molar refractivity (Wildman–Crippen MR) is 67.3 cm³/mol. The normalized spacial score (nSPS) is 12.7. The first-order valence-corrected chi connectivity index (χ1v) is 7.21. The van der Waals surface area contributed by atoms with Crippen LogP contribution in [0, 0.1) is 0 Å². The molecule has 0 aliphatic heterocycles. The molecule has 0 unspecified atom stereocenters. The number of hydrogen-bond donors (Lipinski definition) is 1. The summed E-state index contributed by atoms with van der Waals surface area (Å²) in [7, 11) is 0. The molecule has 0 spiro atoms. The van der Waals surface area contributed by atoms with Crippen molar-refractivity contribution in [2.75, 3.05) is 19.1 Å². The number of esters is 1. The molecule has 3 nitrogen and oxygen atoms in total. The van der Waals surface area contributed by atoms with Crippen LogP contribution in [0.2, 0.25) is 0 Å². The third-order valence-electron chi connectivity index (χ3n) is 1.81. The highest BCUT2D eigenvalue weighted by atomic mass is 32.2. The predicted octanol–water partition coefficient (Wildman–Crippen LogP) is 2.13. The van der Waals surface area contributed by atoms with Gasteiger partial charge in [0.05, 0.1) is 0 Å². The zero-order valence-corrected chi connectivity index (χ0v) is 11.6. The quantitative estimate of drug-likeness (QED) is 0.600. The number of hydrogen-bond acceptors (Lipinski definition) is 5. The Hall–Kier alpha value is 0.130. The van der Waals surface area contributed by atoms with Crippen LogP contribution in [0.3, 0.4) is 0 Å². The van der Waals surface area contributed by atoms with Crippen LogP contribution < -0.4 is 0 Å². The van der Waals surface area contributed by atoms with Gasteiger partial charge in [-0.1, -0.05) is 0 Å². The lowest BCUT2D eigenvalue weighted by Crippen LogP contribution is -2.38. The monoisotopic (exact) mass is 252 g/mol. The van der Waals surface area contributed by atoms with Crippen LogP contribution in [0.5, 0.6) is 0 Å². The third kappa shape index (κ3) is 4.66. The highest BCUT2D eigenvalue weighted by Gasteiger charge is 2.40. The molecule has 0 aliphatic carbocycles. The first-order valence-electron chi connectivity index (χ1n) is 4.76. The Kier molecular flexibility index (Phi) is 6.06. The van der Waals surface area contributed by atoms with E-state index < -0.39 is 9.68 Å². The lowest BCUT2D eigenvalue weighted by atomic mass is 10.2. The fraction of sp³-hybridized carbons (Fsp3) is 0.900. The van der Waals surface area contributed by atoms with E-state index in [9.17, 15) is 4.79 Å². The van der Waals surface area contributed by atoms with Crippen LogP contribution in [0.4, 0.5) is 0 Å². The SMILES string of the molecule is CSC(CCO)(SC)C(=O)OC(C)(C)C. The Balaban J connectivity index is 4.69. The van der Waals surface area contributed by atoms with Gasteiger partial charge in [-0.15, -0.1) is 23.5 Å². The van der Waals surface area contributed by atoms with Crippen LogP contribution in [-0.4, -0.2) is 39.9 Å². The summed E-state index contributed by atoms with van der Waals surface area (Å²) in [4.78, 5) is 12.0. The number of thioether (sulfide) groups is 2. The standard InChI is InChI=1S/C10H20O3S2/c1-9(2,3)13-8(12)10(14-4,15-5)6-7-11/h11H,6-7H2,1-5H3. The second-order valence-corrected chi connectivity index (χ2v) is 6.61. The molecule has 0 aromatic rings. The van der Waals surface area contributed by atoms with Crippen molar-refractivity contribution in [1.82, 2.24) is 0 Å². The maximum absolute atomic E-state index is 12.0. The molecular formula is C10H20O3S2. The van der Waals surface area contributed by atoms with Gasteiger partial charge in [0, 0.05) is 13.0 Å². The van der Waals surface area contributed by atoms with Gasteiger partial charge < -0.3 is 9.84 Å². The summed E-state index contributed by atoms with van der Waals surface area (Å²) in [6, 6.07) is 0. The van der Waals surface area contributed by atoms with Crippen LogP contribution in [0.25, 0.3) is 0 Å². The number of ether oxygens (including phenoxy) is 1. The van der Waals surface area contributed by atoms with E-state index in [1.165, 1.54) is 23.5 Å². The zero-order valence-electron chi connectivity index (χ0n) is 9.99. The van der Waals surface area contributed by atoms with Gasteiger partial charge in [-0.2, -0.15) is 0 Å². The van der Waals surface area contributed by atoms with Crippen molar-refractivity contribution in [2.45, 2.75) is 36.9 Å². The molecule has 0 saturated carbocycles. The molecule has 0 aromatic carbocycles. The molecule has 0 aliphatic rings. The molecule has 5 heteroatoms. The van der Waals surface area contributed by atoms with E-state index >= 15 is 0 Å². The molecule has 0 aromatic heterocycles. The lowest BCUT2D eigenvalue weighted by molar-refractivity contribution is -0.155. The fourth-order valence-corrected chi connectivity index (χ4v) is 2.73. The molecule has 0 bridgehead atoms. The topological polar surface area (TPSA) is 46.5 Å². The summed E-state index contributed by atoms with van der Waals surface area (Å²) in [5, 5.41) is 8.98. The van der Waals surface area contributed by atoms with Crippen molar-refractivity contribution in [2.24, 2.45) is 0 Å². The van der Waals surface area contributed by atoms with Crippen molar-refractivity contribution in [3.63, 3.8) is 0 Å². The van der Waals surface area contributed by atoms with Crippen molar-refractivity contribution < 1.29 is 14.6 Å². The summed E-state index contributed by atoms with van der Waals surface area (Å²) in [6.07, 6.45) is 4.12. The number of rotatable bonds is 5. The first-order chi connectivity index (χ1) is 6.81. The van der Waals surface area contributed by atoms with Crippen molar-refractivity contribution in [3.05, 3.63) is 0 Å². The Morgan fingerprint density at radius 3 is 2.00 bits per heavy atom. The van der Waals surface area contributed by atoms with E-state index in [1.807, 2.05) is 33.3 Å². The molecule has 0 saturated heterocycles. The Labute approximate surface area is 100 Å². The molecule has 0 radical (unpaired) electrons. The van der Waals surface area contributed by atoms with Gasteiger partial charge >= 0.3 is 5.97 Å². The smallest absolute Gasteiger partial charge is 0.333 e. The minimum atomic E-state index is -0.679. The Morgan fingerprint density at radius 1 is 1.27 bits per heavy atom. The summed E-state index contributed by atoms with van der Waals surface area (Å²) in [6.45, 7) is 5.51. The second kappa shape index (κ2) is 6.01. The van der Waals surface area contributed by atoms with Crippen LogP contribution >= 0.6 is 23.5 Å². The summed E-state index contributed by atoms with van der Waals surface area (Å²) < 4.78 is 4.67. The van der Waals surface area contributed by atoms with Crippen molar-refractivity contribution >= 4 is 29.5 Å². The van der Waals surface area contributed by atoms with E-state index in [2.05, 4.69) is 0 Å². The Bertz CT molecular complexity index is 207. The van der Waals surface area contributed by atoms with Gasteiger partial charge in [-0.25, -0.2) is 4.79 Å². The van der Waals surface area contributed by atoms with Crippen LogP contribution in [0.1, 0.15) is 27.2 Å². The molecule has 0 fully saturated rings. The number of aliphatic hydroxyl groups excluding tert-OH is 1. The molecule has 0 amide bonds. The van der Waals surface area contributed by atoms with Crippen LogP contribution in [-0.2, 0) is 9.53 Å². The average Bonchev–Trinajstić information content (AvgIpc) is 2.11. The maximum atomic E-state index is 12.0. The van der Waals surface area contributed by atoms with Gasteiger partial charge in [-0.3, -0.25) is 0 Å². The molecule has 0 rings (SSSR count). The fourth-order valence-electron chi connectivity index (χ4n) is 1.06. The van der Waals surface area contributed by atoms with Gasteiger partial charge in [0.25, 0.3) is 0 Å². The largest absolute Gasteiger partial charge is 0.458 e. The highest BCUT2D eigenvalue weighted by Crippen LogP contribution is 2.39. The first kappa shape index (κ1) is 15.1. The van der Waals surface area contributed by atoms with Crippen molar-refractivity contribution in [1.29, 1.82) is 0 Å². The van der Waals surface area contributed by atoms with Crippen molar-refractivity contribution in [3.8, 4) is 0 Å². The minimum Gasteiger partial charge on any atom is -0.458 e. The van der Waals surface area contributed by atoms with E-state index in [1.54, 1.807) is 0 Å². The average molecular weight is 252 g/mol. The Morgan fingerprint density at radius 2 is 1.73 bits per heavy atom. The van der Waals surface area contributed by atoms with E-state index in [0.29, 0.717) is 6.42 Å². The van der Waals surface area contributed by atoms with E-state index in [0.717, 1.165) is 0 Å². The summed E-state index contributed by atoms with van der Waals surface area (Å²) in [5.74, 6) is -0.260. The molecule has 90 valence electrons. The highest BCUT2D eigenvalue weighted by molar-refractivity contribution is 8.18. The summed E-state index contributed by atoms with van der Waals surface area (Å²) >= 11 is 2.84. The van der Waals surface area contributed by atoms with E-state index in [-0.39, 0.29) is 12.6 Å². The molecule has 15 heavy (non-hydrogen) atoms. The lowest BCUT2D eigenvalue weighted by Gasteiger charge is -2.31. The zero-order chi connectivity index (χ0) is 12.1. The van der Waals surface area contributed by atoms with Gasteiger partial charge in [-0.05, 0) is 33.3 Å².